The Bertz CT molecular complexity index is 951. The van der Waals surface area contributed by atoms with Gasteiger partial charge in [-0.2, -0.15) is 0 Å². The number of carbonyl (C=O) groups excluding carboxylic acids is 1. The minimum absolute atomic E-state index is 0.0337. The molecule has 3 N–H and O–H groups in total. The number of hydrogen-bond donors (Lipinski definition) is 2. The van der Waals surface area contributed by atoms with Crippen LogP contribution in [0, 0.1) is 5.82 Å². The maximum Gasteiger partial charge on any atom is 0.249 e. The summed E-state index contributed by atoms with van der Waals surface area (Å²) < 4.78 is 21.6. The molecule has 1 aliphatic rings. The Kier molecular flexibility index (Phi) is 3.89. The van der Waals surface area contributed by atoms with Crippen molar-refractivity contribution in [2.24, 2.45) is 5.73 Å². The fourth-order valence-corrected chi connectivity index (χ4v) is 3.32. The Morgan fingerprint density at radius 2 is 2.12 bits per heavy atom. The minimum Gasteiger partial charge on any atom is -0.489 e. The Morgan fingerprint density at radius 3 is 2.96 bits per heavy atom. The van der Waals surface area contributed by atoms with Crippen LogP contribution in [-0.2, 0) is 13.1 Å². The first-order valence-electron chi connectivity index (χ1n) is 8.14. The van der Waals surface area contributed by atoms with E-state index in [2.05, 4.69) is 28.1 Å². The molecule has 2 heterocycles. The molecule has 0 saturated carbocycles. The van der Waals surface area contributed by atoms with E-state index in [9.17, 15) is 9.18 Å². The fraction of sp³-hybridized carbons (Fsp3) is 0.211. The number of primary amides is 1. The maximum absolute atomic E-state index is 13.9. The zero-order chi connectivity index (χ0) is 17.4. The highest BCUT2D eigenvalue weighted by Crippen LogP contribution is 2.31. The van der Waals surface area contributed by atoms with Crippen LogP contribution in [0.1, 0.15) is 15.9 Å². The number of nitrogens with two attached hydrogens (primary N) is 1. The molecule has 0 saturated heterocycles. The zero-order valence-electron chi connectivity index (χ0n) is 13.5. The van der Waals surface area contributed by atoms with Gasteiger partial charge in [0, 0.05) is 28.9 Å². The standard InChI is InChI=1S/C19H18FN3O2/c20-16-6-5-14(19(21)24)15-9-13(10-25-18(15)16)22-11-23-8-7-12-3-1-2-4-17(12)23/h1-8,13,22H,9-11H2,(H2,21,24). The summed E-state index contributed by atoms with van der Waals surface area (Å²) in [6.45, 7) is 0.934. The quantitative estimate of drug-likeness (QED) is 0.767. The second-order valence-electron chi connectivity index (χ2n) is 6.19. The Labute approximate surface area is 144 Å². The third-order valence-electron chi connectivity index (χ3n) is 4.59. The van der Waals surface area contributed by atoms with Crippen molar-refractivity contribution in [1.29, 1.82) is 0 Å². The smallest absolute Gasteiger partial charge is 0.249 e. The van der Waals surface area contributed by atoms with E-state index >= 15 is 0 Å². The first-order valence-corrected chi connectivity index (χ1v) is 8.14. The number of hydrogen-bond acceptors (Lipinski definition) is 3. The number of amides is 1. The molecule has 1 aromatic heterocycles. The molecule has 4 rings (SSSR count). The van der Waals surface area contributed by atoms with Crippen LogP contribution in [0.4, 0.5) is 4.39 Å². The molecule has 0 radical (unpaired) electrons. The van der Waals surface area contributed by atoms with Crippen LogP contribution < -0.4 is 15.8 Å². The van der Waals surface area contributed by atoms with Gasteiger partial charge < -0.3 is 15.0 Å². The van der Waals surface area contributed by atoms with Crippen molar-refractivity contribution in [1.82, 2.24) is 9.88 Å². The van der Waals surface area contributed by atoms with Gasteiger partial charge in [0.05, 0.1) is 6.67 Å². The minimum atomic E-state index is -0.572. The molecule has 0 spiro atoms. The highest BCUT2D eigenvalue weighted by Gasteiger charge is 2.26. The number of para-hydroxylation sites is 1. The van der Waals surface area contributed by atoms with E-state index in [1.807, 2.05) is 18.3 Å². The van der Waals surface area contributed by atoms with E-state index in [1.54, 1.807) is 0 Å². The van der Waals surface area contributed by atoms with Crippen LogP contribution in [0.3, 0.4) is 0 Å². The van der Waals surface area contributed by atoms with Crippen LogP contribution in [0.15, 0.2) is 48.7 Å². The van der Waals surface area contributed by atoms with E-state index in [4.69, 9.17) is 10.5 Å². The molecule has 1 unspecified atom stereocenters. The number of fused-ring (bicyclic) bond motifs is 2. The molecule has 5 nitrogen and oxygen atoms in total. The molecule has 1 aliphatic heterocycles. The van der Waals surface area contributed by atoms with E-state index in [-0.39, 0.29) is 11.8 Å². The van der Waals surface area contributed by atoms with Crippen LogP contribution in [0.5, 0.6) is 5.75 Å². The summed E-state index contributed by atoms with van der Waals surface area (Å²) in [5, 5.41) is 4.58. The summed E-state index contributed by atoms with van der Waals surface area (Å²) in [5.41, 5.74) is 7.39. The van der Waals surface area contributed by atoms with Crippen molar-refractivity contribution >= 4 is 16.8 Å². The number of nitrogens with zero attached hydrogens (tertiary/aromatic N) is 1. The van der Waals surface area contributed by atoms with Crippen LogP contribution in [0.25, 0.3) is 10.9 Å². The first kappa shape index (κ1) is 15.7. The molecule has 0 fully saturated rings. The van der Waals surface area contributed by atoms with Gasteiger partial charge in [-0.3, -0.25) is 10.1 Å². The summed E-state index contributed by atoms with van der Waals surface area (Å²) >= 11 is 0. The third-order valence-corrected chi connectivity index (χ3v) is 4.59. The highest BCUT2D eigenvalue weighted by molar-refractivity contribution is 5.95. The van der Waals surface area contributed by atoms with Gasteiger partial charge in [0.1, 0.15) is 6.61 Å². The molecule has 3 aromatic rings. The van der Waals surface area contributed by atoms with Crippen molar-refractivity contribution in [3.63, 3.8) is 0 Å². The van der Waals surface area contributed by atoms with Crippen LogP contribution in [-0.4, -0.2) is 23.1 Å². The van der Waals surface area contributed by atoms with Gasteiger partial charge in [0.25, 0.3) is 0 Å². The Hall–Kier alpha value is -2.86. The number of carbonyl (C=O) groups is 1. The van der Waals surface area contributed by atoms with E-state index in [0.29, 0.717) is 30.8 Å². The van der Waals surface area contributed by atoms with Gasteiger partial charge in [-0.1, -0.05) is 18.2 Å². The molecule has 0 bridgehead atoms. The lowest BCUT2D eigenvalue weighted by Crippen LogP contribution is -2.41. The van der Waals surface area contributed by atoms with Gasteiger partial charge in [-0.25, -0.2) is 4.39 Å². The molecular weight excluding hydrogens is 321 g/mol. The topological polar surface area (TPSA) is 69.3 Å². The predicted molar refractivity (Wildman–Crippen MR) is 93.0 cm³/mol. The Morgan fingerprint density at radius 1 is 1.28 bits per heavy atom. The largest absolute Gasteiger partial charge is 0.489 e. The summed E-state index contributed by atoms with van der Waals surface area (Å²) in [6, 6.07) is 12.8. The van der Waals surface area contributed by atoms with E-state index in [1.165, 1.54) is 17.5 Å². The van der Waals surface area contributed by atoms with Gasteiger partial charge in [-0.15, -0.1) is 0 Å². The summed E-state index contributed by atoms with van der Waals surface area (Å²) in [4.78, 5) is 11.6. The van der Waals surface area contributed by atoms with Crippen LogP contribution >= 0.6 is 0 Å². The van der Waals surface area contributed by atoms with E-state index in [0.717, 1.165) is 5.52 Å². The average molecular weight is 339 g/mol. The van der Waals surface area contributed by atoms with Crippen LogP contribution in [0.2, 0.25) is 0 Å². The SMILES string of the molecule is NC(=O)c1ccc(F)c2c1CC(NCn1ccc3ccccc31)CO2. The number of ether oxygens (including phenoxy) is 1. The number of nitrogens with one attached hydrogen (secondary N) is 1. The van der Waals surface area contributed by atoms with Gasteiger partial charge >= 0.3 is 0 Å². The van der Waals surface area contributed by atoms with Crippen molar-refractivity contribution in [2.75, 3.05) is 6.61 Å². The molecule has 25 heavy (non-hydrogen) atoms. The predicted octanol–water partition coefficient (Wildman–Crippen LogP) is 2.43. The van der Waals surface area contributed by atoms with Gasteiger partial charge in [-0.05, 0) is 36.1 Å². The number of rotatable bonds is 4. The van der Waals surface area contributed by atoms with Crippen molar-refractivity contribution in [2.45, 2.75) is 19.1 Å². The lowest BCUT2D eigenvalue weighted by molar-refractivity contribution is 0.0997. The van der Waals surface area contributed by atoms with Gasteiger partial charge in [0.2, 0.25) is 5.91 Å². The monoisotopic (exact) mass is 339 g/mol. The average Bonchev–Trinajstić information content (AvgIpc) is 3.03. The molecule has 128 valence electrons. The normalized spacial score (nSPS) is 16.4. The second kappa shape index (κ2) is 6.22. The molecule has 1 atom stereocenters. The number of aromatic nitrogens is 1. The molecular formula is C19H18FN3O2. The maximum atomic E-state index is 13.9. The number of halogens is 1. The lowest BCUT2D eigenvalue weighted by atomic mass is 9.96. The molecule has 2 aromatic carbocycles. The summed E-state index contributed by atoms with van der Waals surface area (Å²) in [6.07, 6.45) is 2.51. The fourth-order valence-electron chi connectivity index (χ4n) is 3.32. The zero-order valence-corrected chi connectivity index (χ0v) is 13.5. The molecule has 6 heteroatoms. The third kappa shape index (κ3) is 2.85. The van der Waals surface area contributed by atoms with Crippen molar-refractivity contribution < 1.29 is 13.9 Å². The van der Waals surface area contributed by atoms with E-state index < -0.39 is 11.7 Å². The molecule has 0 aliphatic carbocycles. The lowest BCUT2D eigenvalue weighted by Gasteiger charge is -2.28. The first-order chi connectivity index (χ1) is 12.1. The highest BCUT2D eigenvalue weighted by atomic mass is 19.1. The second-order valence-corrected chi connectivity index (χ2v) is 6.19. The summed E-state index contributed by atoms with van der Waals surface area (Å²) in [5.74, 6) is -0.896. The molecule has 1 amide bonds. The summed E-state index contributed by atoms with van der Waals surface area (Å²) in [7, 11) is 0. The van der Waals surface area contributed by atoms with Crippen molar-refractivity contribution in [3.05, 3.63) is 65.6 Å². The van der Waals surface area contributed by atoms with Gasteiger partial charge in [0.15, 0.2) is 11.6 Å². The van der Waals surface area contributed by atoms with Crippen molar-refractivity contribution in [3.8, 4) is 5.75 Å². The number of benzene rings is 2. The Balaban J connectivity index is 1.53.